The van der Waals surface area contributed by atoms with Crippen molar-refractivity contribution in [1.82, 2.24) is 0 Å². The zero-order chi connectivity index (χ0) is 11.1. The normalized spacial score (nSPS) is 20.3. The summed E-state index contributed by atoms with van der Waals surface area (Å²) in [6.07, 6.45) is 11.5. The Morgan fingerprint density at radius 3 is 2.60 bits per heavy atom. The van der Waals surface area contributed by atoms with Crippen molar-refractivity contribution < 1.29 is 0 Å². The smallest absolute Gasteiger partial charge is 0.0126 e. The first-order chi connectivity index (χ1) is 7.04. The highest BCUT2D eigenvalue weighted by Gasteiger charge is 2.28. The quantitative estimate of drug-likeness (QED) is 0.582. The van der Waals surface area contributed by atoms with Crippen LogP contribution >= 0.6 is 0 Å². The van der Waals surface area contributed by atoms with E-state index < -0.39 is 0 Å². The third-order valence-electron chi connectivity index (χ3n) is 3.18. The van der Waals surface area contributed by atoms with Gasteiger partial charge in [-0.2, -0.15) is 0 Å². The fraction of sp³-hybridized carbons (Fsp3) is 0.467. The Morgan fingerprint density at radius 1 is 1.27 bits per heavy atom. The molecule has 0 unspecified atom stereocenters. The number of rotatable bonds is 1. The average molecular weight is 200 g/mol. The van der Waals surface area contributed by atoms with Crippen molar-refractivity contribution in [1.29, 1.82) is 0 Å². The summed E-state index contributed by atoms with van der Waals surface area (Å²) in [6.45, 7) is 9.14. The molecular formula is C15H20. The van der Waals surface area contributed by atoms with Crippen molar-refractivity contribution in [3.8, 4) is 0 Å². The molecule has 0 heterocycles. The van der Waals surface area contributed by atoms with E-state index in [0.29, 0.717) is 0 Å². The Morgan fingerprint density at radius 2 is 2.00 bits per heavy atom. The maximum absolute atomic E-state index is 2.40. The van der Waals surface area contributed by atoms with Gasteiger partial charge in [-0.05, 0) is 40.5 Å². The summed E-state index contributed by atoms with van der Waals surface area (Å²) in [5.74, 6) is 0. The van der Waals surface area contributed by atoms with Crippen molar-refractivity contribution >= 4 is 0 Å². The van der Waals surface area contributed by atoms with E-state index in [4.69, 9.17) is 0 Å². The molecule has 0 fully saturated rings. The molecule has 0 aromatic carbocycles. The van der Waals surface area contributed by atoms with Gasteiger partial charge >= 0.3 is 0 Å². The fourth-order valence-electron chi connectivity index (χ4n) is 2.35. The van der Waals surface area contributed by atoms with Crippen LogP contribution in [0.1, 0.15) is 40.5 Å². The number of hydrogen-bond acceptors (Lipinski definition) is 0. The summed E-state index contributed by atoms with van der Waals surface area (Å²) in [6, 6.07) is 0. The fourth-order valence-corrected chi connectivity index (χ4v) is 2.35. The first-order valence-corrected chi connectivity index (χ1v) is 5.87. The van der Waals surface area contributed by atoms with Crippen LogP contribution in [0, 0.1) is 5.41 Å². The molecule has 0 N–H and O–H groups in total. The van der Waals surface area contributed by atoms with Crippen LogP contribution in [-0.4, -0.2) is 0 Å². The molecule has 0 aromatic rings. The molecule has 0 nitrogen and oxygen atoms in total. The van der Waals surface area contributed by atoms with Gasteiger partial charge in [0.05, 0.1) is 0 Å². The molecule has 0 heteroatoms. The van der Waals surface area contributed by atoms with Crippen molar-refractivity contribution in [3.05, 3.63) is 46.6 Å². The molecule has 2 aliphatic carbocycles. The van der Waals surface area contributed by atoms with Crippen LogP contribution < -0.4 is 0 Å². The SMILES string of the molecule is CCC1=C2C=CCC=C2C(C(C)(C)C)=C1. The zero-order valence-electron chi connectivity index (χ0n) is 10.2. The molecular weight excluding hydrogens is 180 g/mol. The molecule has 0 aromatic heterocycles. The van der Waals surface area contributed by atoms with E-state index in [0.717, 1.165) is 12.8 Å². The van der Waals surface area contributed by atoms with Gasteiger partial charge < -0.3 is 0 Å². The lowest BCUT2D eigenvalue weighted by atomic mass is 9.81. The topological polar surface area (TPSA) is 0 Å². The molecule has 2 rings (SSSR count). The van der Waals surface area contributed by atoms with Crippen molar-refractivity contribution in [2.75, 3.05) is 0 Å². The Labute approximate surface area is 93.1 Å². The minimum Gasteiger partial charge on any atom is -0.0801 e. The molecule has 0 saturated carbocycles. The lowest BCUT2D eigenvalue weighted by molar-refractivity contribution is 0.513. The van der Waals surface area contributed by atoms with E-state index in [9.17, 15) is 0 Å². The number of fused-ring (bicyclic) bond motifs is 1. The van der Waals surface area contributed by atoms with E-state index in [1.807, 2.05) is 0 Å². The molecule has 80 valence electrons. The van der Waals surface area contributed by atoms with Gasteiger partial charge in [0, 0.05) is 0 Å². The Balaban J connectivity index is 2.47. The van der Waals surface area contributed by atoms with Gasteiger partial charge in [-0.25, -0.2) is 0 Å². The lowest BCUT2D eigenvalue weighted by Gasteiger charge is -2.24. The van der Waals surface area contributed by atoms with Gasteiger partial charge in [0.25, 0.3) is 0 Å². The van der Waals surface area contributed by atoms with Crippen LogP contribution in [0.4, 0.5) is 0 Å². The van der Waals surface area contributed by atoms with Crippen molar-refractivity contribution in [2.45, 2.75) is 40.5 Å². The Bertz CT molecular complexity index is 392. The van der Waals surface area contributed by atoms with E-state index in [-0.39, 0.29) is 5.41 Å². The van der Waals surface area contributed by atoms with Gasteiger partial charge in [-0.1, -0.05) is 52.0 Å². The summed E-state index contributed by atoms with van der Waals surface area (Å²) in [5, 5.41) is 0. The van der Waals surface area contributed by atoms with Crippen LogP contribution in [0.3, 0.4) is 0 Å². The largest absolute Gasteiger partial charge is 0.0801 e. The zero-order valence-corrected chi connectivity index (χ0v) is 10.2. The predicted molar refractivity (Wildman–Crippen MR) is 66.7 cm³/mol. The van der Waals surface area contributed by atoms with E-state index in [1.54, 1.807) is 0 Å². The summed E-state index contributed by atoms with van der Waals surface area (Å²) in [4.78, 5) is 0. The monoisotopic (exact) mass is 200 g/mol. The molecule has 0 radical (unpaired) electrons. The predicted octanol–water partition coefficient (Wildman–Crippen LogP) is 4.57. The van der Waals surface area contributed by atoms with Gasteiger partial charge in [-0.15, -0.1) is 0 Å². The van der Waals surface area contributed by atoms with Gasteiger partial charge in [0.2, 0.25) is 0 Å². The van der Waals surface area contributed by atoms with Crippen LogP contribution in [0.5, 0.6) is 0 Å². The highest BCUT2D eigenvalue weighted by Crippen LogP contribution is 2.44. The highest BCUT2D eigenvalue weighted by molar-refractivity contribution is 5.65. The van der Waals surface area contributed by atoms with E-state index in [1.165, 1.54) is 22.3 Å². The van der Waals surface area contributed by atoms with Crippen molar-refractivity contribution in [2.24, 2.45) is 5.41 Å². The lowest BCUT2D eigenvalue weighted by Crippen LogP contribution is -2.10. The second-order valence-corrected chi connectivity index (χ2v) is 5.36. The number of hydrogen-bond donors (Lipinski definition) is 0. The third kappa shape index (κ3) is 1.73. The minimum absolute atomic E-state index is 0.263. The molecule has 0 aliphatic heterocycles. The second kappa shape index (κ2) is 3.52. The average Bonchev–Trinajstić information content (AvgIpc) is 2.55. The van der Waals surface area contributed by atoms with Crippen LogP contribution in [0.2, 0.25) is 0 Å². The molecule has 0 atom stereocenters. The molecule has 0 spiro atoms. The second-order valence-electron chi connectivity index (χ2n) is 5.36. The number of allylic oxidation sites excluding steroid dienone is 8. The van der Waals surface area contributed by atoms with E-state index in [2.05, 4.69) is 52.0 Å². The first-order valence-electron chi connectivity index (χ1n) is 5.87. The molecule has 2 aliphatic rings. The Kier molecular flexibility index (Phi) is 2.46. The minimum atomic E-state index is 0.263. The summed E-state index contributed by atoms with van der Waals surface area (Å²) in [5.41, 5.74) is 6.23. The van der Waals surface area contributed by atoms with Gasteiger partial charge in [-0.3, -0.25) is 0 Å². The van der Waals surface area contributed by atoms with Gasteiger partial charge in [0.15, 0.2) is 0 Å². The first kappa shape index (κ1) is 10.5. The van der Waals surface area contributed by atoms with Crippen LogP contribution in [-0.2, 0) is 0 Å². The summed E-state index contributed by atoms with van der Waals surface area (Å²) < 4.78 is 0. The third-order valence-corrected chi connectivity index (χ3v) is 3.18. The summed E-state index contributed by atoms with van der Waals surface area (Å²) in [7, 11) is 0. The van der Waals surface area contributed by atoms with Crippen LogP contribution in [0.15, 0.2) is 46.6 Å². The molecule has 0 bridgehead atoms. The molecule has 0 amide bonds. The standard InChI is InChI=1S/C15H20/c1-5-11-10-14(15(2,3)4)13-9-7-6-8-12(11)13/h6,8-10H,5,7H2,1-4H3. The highest BCUT2D eigenvalue weighted by atomic mass is 14.3. The van der Waals surface area contributed by atoms with Gasteiger partial charge in [0.1, 0.15) is 0 Å². The Hall–Kier alpha value is -1.04. The molecule has 0 saturated heterocycles. The molecule has 15 heavy (non-hydrogen) atoms. The maximum atomic E-state index is 2.40. The van der Waals surface area contributed by atoms with Crippen LogP contribution in [0.25, 0.3) is 0 Å². The maximum Gasteiger partial charge on any atom is -0.0126 e. The summed E-state index contributed by atoms with van der Waals surface area (Å²) >= 11 is 0. The van der Waals surface area contributed by atoms with E-state index >= 15 is 0 Å². The van der Waals surface area contributed by atoms with Crippen molar-refractivity contribution in [3.63, 3.8) is 0 Å².